The molecule has 0 aliphatic heterocycles. The molecule has 0 aromatic heterocycles. The number of carbonyl (C=O) groups excluding carboxylic acids is 1. The molecule has 0 heterocycles. The monoisotopic (exact) mass is 265 g/mol. The standard InChI is InChI=1S/C14H19NO4/c1-3-4-7-15-13(16)9-19-11-6-5-10(2)12(8-11)14(17)18/h5-6,8H,3-4,7,9H2,1-2H3,(H,15,16)(H,17,18). The van der Waals surface area contributed by atoms with E-state index in [9.17, 15) is 9.59 Å². The van der Waals surface area contributed by atoms with E-state index in [1.165, 1.54) is 6.07 Å². The van der Waals surface area contributed by atoms with Gasteiger partial charge in [0, 0.05) is 6.54 Å². The fourth-order valence-electron chi connectivity index (χ4n) is 1.53. The van der Waals surface area contributed by atoms with E-state index in [0.29, 0.717) is 17.9 Å². The lowest BCUT2D eigenvalue weighted by atomic mass is 10.1. The summed E-state index contributed by atoms with van der Waals surface area (Å²) in [4.78, 5) is 22.4. The maximum absolute atomic E-state index is 11.4. The summed E-state index contributed by atoms with van der Waals surface area (Å²) >= 11 is 0. The van der Waals surface area contributed by atoms with E-state index >= 15 is 0 Å². The van der Waals surface area contributed by atoms with E-state index in [0.717, 1.165) is 12.8 Å². The van der Waals surface area contributed by atoms with Crippen molar-refractivity contribution in [2.24, 2.45) is 0 Å². The van der Waals surface area contributed by atoms with Crippen molar-refractivity contribution in [3.8, 4) is 5.75 Å². The number of nitrogens with one attached hydrogen (secondary N) is 1. The molecule has 0 aliphatic rings. The lowest BCUT2D eigenvalue weighted by Gasteiger charge is -2.08. The Morgan fingerprint density at radius 3 is 2.74 bits per heavy atom. The summed E-state index contributed by atoms with van der Waals surface area (Å²) in [5.41, 5.74) is 0.844. The van der Waals surface area contributed by atoms with Gasteiger partial charge in [-0.3, -0.25) is 4.79 Å². The average molecular weight is 265 g/mol. The Morgan fingerprint density at radius 2 is 2.11 bits per heavy atom. The number of carboxylic acid groups (broad SMARTS) is 1. The number of aryl methyl sites for hydroxylation is 1. The molecule has 0 radical (unpaired) electrons. The van der Waals surface area contributed by atoms with Crippen molar-refractivity contribution in [1.29, 1.82) is 0 Å². The van der Waals surface area contributed by atoms with E-state index in [1.54, 1.807) is 19.1 Å². The molecule has 5 nitrogen and oxygen atoms in total. The van der Waals surface area contributed by atoms with Crippen LogP contribution in [-0.2, 0) is 4.79 Å². The molecule has 1 aromatic carbocycles. The summed E-state index contributed by atoms with van der Waals surface area (Å²) < 4.78 is 5.27. The third kappa shape index (κ3) is 4.99. The number of ether oxygens (including phenoxy) is 1. The van der Waals surface area contributed by atoms with Crippen LogP contribution in [0.4, 0.5) is 0 Å². The van der Waals surface area contributed by atoms with Gasteiger partial charge >= 0.3 is 5.97 Å². The number of carboxylic acids is 1. The summed E-state index contributed by atoms with van der Waals surface area (Å²) in [7, 11) is 0. The molecule has 0 saturated carbocycles. The zero-order valence-corrected chi connectivity index (χ0v) is 11.2. The Morgan fingerprint density at radius 1 is 1.37 bits per heavy atom. The fourth-order valence-corrected chi connectivity index (χ4v) is 1.53. The lowest BCUT2D eigenvalue weighted by molar-refractivity contribution is -0.123. The molecule has 0 saturated heterocycles. The topological polar surface area (TPSA) is 75.6 Å². The Balaban J connectivity index is 2.51. The summed E-state index contributed by atoms with van der Waals surface area (Å²) in [6.07, 6.45) is 1.94. The third-order valence-electron chi connectivity index (χ3n) is 2.66. The average Bonchev–Trinajstić information content (AvgIpc) is 2.37. The molecule has 0 spiro atoms. The highest BCUT2D eigenvalue weighted by Crippen LogP contribution is 2.17. The largest absolute Gasteiger partial charge is 0.484 e. The highest BCUT2D eigenvalue weighted by molar-refractivity contribution is 5.89. The van der Waals surface area contributed by atoms with E-state index in [-0.39, 0.29) is 18.1 Å². The molecule has 19 heavy (non-hydrogen) atoms. The molecule has 1 aromatic rings. The van der Waals surface area contributed by atoms with Gasteiger partial charge in [0.2, 0.25) is 0 Å². The van der Waals surface area contributed by atoms with E-state index in [4.69, 9.17) is 9.84 Å². The Hall–Kier alpha value is -2.04. The van der Waals surface area contributed by atoms with Crippen LogP contribution in [-0.4, -0.2) is 30.1 Å². The van der Waals surface area contributed by atoms with Crippen LogP contribution in [0.15, 0.2) is 18.2 Å². The first kappa shape index (κ1) is 15.0. The Labute approximate surface area is 112 Å². The molecule has 2 N–H and O–H groups in total. The minimum Gasteiger partial charge on any atom is -0.484 e. The number of amides is 1. The van der Waals surface area contributed by atoms with Crippen LogP contribution in [0, 0.1) is 6.92 Å². The molecule has 0 atom stereocenters. The van der Waals surface area contributed by atoms with Crippen LogP contribution in [0.25, 0.3) is 0 Å². The molecule has 1 rings (SSSR count). The van der Waals surface area contributed by atoms with Gasteiger partial charge in [-0.1, -0.05) is 19.4 Å². The van der Waals surface area contributed by atoms with Crippen molar-refractivity contribution < 1.29 is 19.4 Å². The number of aromatic carboxylic acids is 1. The minimum atomic E-state index is -1.00. The maximum atomic E-state index is 11.4. The first-order valence-electron chi connectivity index (χ1n) is 6.28. The van der Waals surface area contributed by atoms with Crippen molar-refractivity contribution in [3.63, 3.8) is 0 Å². The molecule has 0 bridgehead atoms. The molecular formula is C14H19NO4. The first-order valence-corrected chi connectivity index (χ1v) is 6.28. The smallest absolute Gasteiger partial charge is 0.336 e. The van der Waals surface area contributed by atoms with Gasteiger partial charge in [-0.25, -0.2) is 4.79 Å². The molecule has 0 unspecified atom stereocenters. The number of hydrogen-bond donors (Lipinski definition) is 2. The molecule has 1 amide bonds. The van der Waals surface area contributed by atoms with Crippen molar-refractivity contribution in [3.05, 3.63) is 29.3 Å². The van der Waals surface area contributed by atoms with Gasteiger partial charge in [-0.05, 0) is 31.0 Å². The third-order valence-corrected chi connectivity index (χ3v) is 2.66. The number of hydrogen-bond acceptors (Lipinski definition) is 3. The van der Waals surface area contributed by atoms with Crippen LogP contribution >= 0.6 is 0 Å². The normalized spacial score (nSPS) is 10.0. The van der Waals surface area contributed by atoms with Crippen molar-refractivity contribution in [2.45, 2.75) is 26.7 Å². The second-order valence-electron chi connectivity index (χ2n) is 4.27. The van der Waals surface area contributed by atoms with Gasteiger partial charge in [0.25, 0.3) is 5.91 Å². The number of benzene rings is 1. The molecule has 0 fully saturated rings. The summed E-state index contributed by atoms with van der Waals surface area (Å²) in [5.74, 6) is -0.824. The van der Waals surface area contributed by atoms with Gasteiger partial charge in [0.05, 0.1) is 5.56 Å². The summed E-state index contributed by atoms with van der Waals surface area (Å²) in [5, 5.41) is 11.7. The fraction of sp³-hybridized carbons (Fsp3) is 0.429. The Bertz CT molecular complexity index is 457. The molecule has 5 heteroatoms. The van der Waals surface area contributed by atoms with Crippen LogP contribution in [0.2, 0.25) is 0 Å². The highest BCUT2D eigenvalue weighted by atomic mass is 16.5. The van der Waals surface area contributed by atoms with Gasteiger partial charge in [0.15, 0.2) is 6.61 Å². The molecular weight excluding hydrogens is 246 g/mol. The highest BCUT2D eigenvalue weighted by Gasteiger charge is 2.09. The zero-order chi connectivity index (χ0) is 14.3. The van der Waals surface area contributed by atoms with Gasteiger partial charge in [0.1, 0.15) is 5.75 Å². The van der Waals surface area contributed by atoms with E-state index in [1.807, 2.05) is 6.92 Å². The van der Waals surface area contributed by atoms with Crippen LogP contribution in [0.5, 0.6) is 5.75 Å². The summed E-state index contributed by atoms with van der Waals surface area (Å²) in [6.45, 7) is 4.28. The van der Waals surface area contributed by atoms with E-state index < -0.39 is 5.97 Å². The SMILES string of the molecule is CCCCNC(=O)COc1ccc(C)c(C(=O)O)c1. The number of carbonyl (C=O) groups is 2. The lowest BCUT2D eigenvalue weighted by Crippen LogP contribution is -2.29. The predicted molar refractivity (Wildman–Crippen MR) is 71.6 cm³/mol. The van der Waals surface area contributed by atoms with Crippen molar-refractivity contribution in [1.82, 2.24) is 5.32 Å². The maximum Gasteiger partial charge on any atom is 0.336 e. The quantitative estimate of drug-likeness (QED) is 0.739. The van der Waals surface area contributed by atoms with Gasteiger partial charge in [-0.2, -0.15) is 0 Å². The van der Waals surface area contributed by atoms with Crippen LogP contribution < -0.4 is 10.1 Å². The number of unbranched alkanes of at least 4 members (excludes halogenated alkanes) is 1. The first-order chi connectivity index (χ1) is 9.04. The second kappa shape index (κ2) is 7.41. The zero-order valence-electron chi connectivity index (χ0n) is 11.2. The Kier molecular flexibility index (Phi) is 5.85. The van der Waals surface area contributed by atoms with Crippen molar-refractivity contribution >= 4 is 11.9 Å². The van der Waals surface area contributed by atoms with Crippen LogP contribution in [0.1, 0.15) is 35.7 Å². The van der Waals surface area contributed by atoms with Gasteiger partial charge in [-0.15, -0.1) is 0 Å². The summed E-state index contributed by atoms with van der Waals surface area (Å²) in [6, 6.07) is 4.74. The van der Waals surface area contributed by atoms with Gasteiger partial charge < -0.3 is 15.2 Å². The van der Waals surface area contributed by atoms with E-state index in [2.05, 4.69) is 5.32 Å². The number of rotatable bonds is 7. The molecule has 0 aliphatic carbocycles. The van der Waals surface area contributed by atoms with Crippen molar-refractivity contribution in [2.75, 3.05) is 13.2 Å². The molecule has 104 valence electrons. The second-order valence-corrected chi connectivity index (χ2v) is 4.27. The van der Waals surface area contributed by atoms with Crippen LogP contribution in [0.3, 0.4) is 0 Å². The predicted octanol–water partition coefficient (Wildman–Crippen LogP) is 1.99. The minimum absolute atomic E-state index is 0.105.